The van der Waals surface area contributed by atoms with Crippen LogP contribution in [0.1, 0.15) is 0 Å². The van der Waals surface area contributed by atoms with Gasteiger partial charge in [0.2, 0.25) is 0 Å². The summed E-state index contributed by atoms with van der Waals surface area (Å²) in [5, 5.41) is 8.16. The minimum Gasteiger partial charge on any atom is -0.353 e. The number of aliphatic hydroxyl groups is 1. The van der Waals surface area contributed by atoms with Gasteiger partial charge in [0.25, 0.3) is 11.8 Å². The fourth-order valence-corrected chi connectivity index (χ4v) is 0.705. The molecular formula is C4H3ClFNO3. The fourth-order valence-electron chi connectivity index (χ4n) is 0.552. The number of hydrogen-bond donors (Lipinski definition) is 2. The Kier molecular flexibility index (Phi) is 1.41. The van der Waals surface area contributed by atoms with Crippen LogP contribution in [0, 0.1) is 0 Å². The van der Waals surface area contributed by atoms with E-state index in [4.69, 9.17) is 16.7 Å². The first-order chi connectivity index (χ1) is 4.46. The third-order valence-electron chi connectivity index (χ3n) is 1.12. The predicted octanol–water partition coefficient (Wildman–Crippen LogP) is -1.09. The third kappa shape index (κ3) is 0.783. The molecule has 1 aliphatic heterocycles. The van der Waals surface area contributed by atoms with E-state index in [-0.39, 0.29) is 0 Å². The van der Waals surface area contributed by atoms with Crippen LogP contribution in [0.5, 0.6) is 0 Å². The van der Waals surface area contributed by atoms with Gasteiger partial charge >= 0.3 is 5.85 Å². The van der Waals surface area contributed by atoms with E-state index in [1.165, 1.54) is 5.32 Å². The quantitative estimate of drug-likeness (QED) is 0.356. The van der Waals surface area contributed by atoms with Crippen molar-refractivity contribution < 1.29 is 19.1 Å². The van der Waals surface area contributed by atoms with E-state index in [0.29, 0.717) is 0 Å². The van der Waals surface area contributed by atoms with E-state index in [2.05, 4.69) is 0 Å². The Morgan fingerprint density at radius 1 is 1.70 bits per heavy atom. The van der Waals surface area contributed by atoms with Crippen LogP contribution in [0.15, 0.2) is 0 Å². The maximum atomic E-state index is 12.4. The summed E-state index contributed by atoms with van der Waals surface area (Å²) in [7, 11) is 0. The number of imide groups is 1. The van der Waals surface area contributed by atoms with Crippen LogP contribution < -0.4 is 5.32 Å². The lowest BCUT2D eigenvalue weighted by Gasteiger charge is -2.08. The van der Waals surface area contributed by atoms with Gasteiger partial charge in [-0.15, -0.1) is 11.6 Å². The molecule has 0 aromatic carbocycles. The van der Waals surface area contributed by atoms with Gasteiger partial charge < -0.3 is 5.11 Å². The zero-order valence-corrected chi connectivity index (χ0v) is 5.35. The van der Waals surface area contributed by atoms with Gasteiger partial charge in [0.15, 0.2) is 5.38 Å². The molecule has 0 radical (unpaired) electrons. The minimum absolute atomic E-state index is 1.02. The van der Waals surface area contributed by atoms with Crippen molar-refractivity contribution in [2.45, 2.75) is 11.2 Å². The molecule has 0 bridgehead atoms. The number of hydrogen-bond acceptors (Lipinski definition) is 3. The number of alkyl halides is 2. The van der Waals surface area contributed by atoms with E-state index in [1.54, 1.807) is 0 Å². The summed E-state index contributed by atoms with van der Waals surface area (Å²) in [5.41, 5.74) is 0. The van der Waals surface area contributed by atoms with Gasteiger partial charge in [-0.3, -0.25) is 14.9 Å². The largest absolute Gasteiger partial charge is 0.353 e. The van der Waals surface area contributed by atoms with Crippen molar-refractivity contribution in [2.24, 2.45) is 0 Å². The van der Waals surface area contributed by atoms with Crippen LogP contribution in [0.2, 0.25) is 0 Å². The van der Waals surface area contributed by atoms with Crippen molar-refractivity contribution in [2.75, 3.05) is 0 Å². The molecule has 1 fully saturated rings. The number of rotatable bonds is 0. The second kappa shape index (κ2) is 1.90. The highest BCUT2D eigenvalue weighted by molar-refractivity contribution is 6.37. The van der Waals surface area contributed by atoms with E-state index < -0.39 is 23.0 Å². The Bertz CT molecular complexity index is 205. The van der Waals surface area contributed by atoms with Crippen LogP contribution in [-0.4, -0.2) is 28.2 Å². The zero-order valence-electron chi connectivity index (χ0n) is 4.60. The molecule has 0 spiro atoms. The Hall–Kier alpha value is -0.680. The third-order valence-corrected chi connectivity index (χ3v) is 1.61. The molecule has 2 N–H and O–H groups in total. The zero-order chi connectivity index (χ0) is 7.94. The maximum Gasteiger partial charge on any atom is 0.312 e. The second-order valence-corrected chi connectivity index (χ2v) is 2.29. The lowest BCUT2D eigenvalue weighted by atomic mass is 10.2. The summed E-state index contributed by atoms with van der Waals surface area (Å²) < 4.78 is 12.4. The number of carbonyl (C=O) groups excluding carboxylic acids is 2. The molecule has 2 atom stereocenters. The second-order valence-electron chi connectivity index (χ2n) is 1.85. The van der Waals surface area contributed by atoms with Gasteiger partial charge in [-0.2, -0.15) is 4.39 Å². The van der Waals surface area contributed by atoms with E-state index >= 15 is 0 Å². The van der Waals surface area contributed by atoms with E-state index in [0.717, 1.165) is 0 Å². The molecule has 56 valence electrons. The molecule has 0 aromatic rings. The fraction of sp³-hybridized carbons (Fsp3) is 0.500. The van der Waals surface area contributed by atoms with Crippen LogP contribution in [0.3, 0.4) is 0 Å². The lowest BCUT2D eigenvalue weighted by molar-refractivity contribution is -0.152. The Morgan fingerprint density at radius 2 is 2.20 bits per heavy atom. The van der Waals surface area contributed by atoms with Crippen LogP contribution >= 0.6 is 11.6 Å². The highest BCUT2D eigenvalue weighted by Gasteiger charge is 2.54. The van der Waals surface area contributed by atoms with Gasteiger partial charge in [-0.25, -0.2) is 0 Å². The van der Waals surface area contributed by atoms with Gasteiger partial charge in [0.05, 0.1) is 0 Å². The van der Waals surface area contributed by atoms with Gasteiger partial charge in [-0.1, -0.05) is 0 Å². The summed E-state index contributed by atoms with van der Waals surface area (Å²) in [5.74, 6) is -5.67. The first-order valence-electron chi connectivity index (χ1n) is 2.37. The van der Waals surface area contributed by atoms with Crippen molar-refractivity contribution in [1.82, 2.24) is 5.32 Å². The van der Waals surface area contributed by atoms with Gasteiger partial charge in [-0.05, 0) is 0 Å². The van der Waals surface area contributed by atoms with Gasteiger partial charge in [0, 0.05) is 0 Å². The molecule has 1 aliphatic rings. The van der Waals surface area contributed by atoms with Crippen LogP contribution in [0.25, 0.3) is 0 Å². The molecule has 0 aromatic heterocycles. The highest BCUT2D eigenvalue weighted by Crippen LogP contribution is 2.23. The Morgan fingerprint density at radius 3 is 2.30 bits per heavy atom. The first-order valence-corrected chi connectivity index (χ1v) is 2.80. The monoisotopic (exact) mass is 167 g/mol. The van der Waals surface area contributed by atoms with Crippen molar-refractivity contribution in [3.63, 3.8) is 0 Å². The summed E-state index contributed by atoms with van der Waals surface area (Å²) in [6, 6.07) is 0. The molecule has 2 unspecified atom stereocenters. The average Bonchev–Trinajstić information content (AvgIpc) is 1.97. The van der Waals surface area contributed by atoms with E-state index in [9.17, 15) is 14.0 Å². The van der Waals surface area contributed by atoms with Crippen molar-refractivity contribution in [1.29, 1.82) is 0 Å². The first kappa shape index (κ1) is 7.43. The SMILES string of the molecule is O=C1NC(=O)C(O)(F)C1Cl. The normalized spacial score (nSPS) is 40.1. The molecule has 2 amide bonds. The Labute approximate surface area is 60.0 Å². The summed E-state index contributed by atoms with van der Waals surface area (Å²) in [6.07, 6.45) is 0. The predicted molar refractivity (Wildman–Crippen MR) is 28.8 cm³/mol. The smallest absolute Gasteiger partial charge is 0.312 e. The van der Waals surface area contributed by atoms with Gasteiger partial charge in [0.1, 0.15) is 0 Å². The van der Waals surface area contributed by atoms with Crippen LogP contribution in [-0.2, 0) is 9.59 Å². The lowest BCUT2D eigenvalue weighted by Crippen LogP contribution is -2.38. The van der Waals surface area contributed by atoms with E-state index in [1.807, 2.05) is 0 Å². The molecule has 10 heavy (non-hydrogen) atoms. The van der Waals surface area contributed by atoms with Crippen LogP contribution in [0.4, 0.5) is 4.39 Å². The van der Waals surface area contributed by atoms with Crippen molar-refractivity contribution >= 4 is 23.4 Å². The molecule has 0 aliphatic carbocycles. The molecule has 0 saturated carbocycles. The molecule has 1 rings (SSSR count). The number of carbonyl (C=O) groups is 2. The van der Waals surface area contributed by atoms with Crippen molar-refractivity contribution in [3.8, 4) is 0 Å². The minimum atomic E-state index is -3.25. The topological polar surface area (TPSA) is 66.4 Å². The standard InChI is InChI=1S/C4H3ClFNO3/c5-1-2(8)7-3(9)4(1,6)10/h1,10H,(H,7,8,9). The molecule has 4 nitrogen and oxygen atoms in total. The number of nitrogens with one attached hydrogen (secondary N) is 1. The molecule has 6 heteroatoms. The van der Waals surface area contributed by atoms with Crippen molar-refractivity contribution in [3.05, 3.63) is 0 Å². The average molecular weight is 168 g/mol. The Balaban J connectivity index is 2.96. The molecule has 1 heterocycles. The number of amides is 2. The number of halogens is 2. The molecule has 1 saturated heterocycles. The molecular weight excluding hydrogens is 164 g/mol. The highest BCUT2D eigenvalue weighted by atomic mass is 35.5. The maximum absolute atomic E-state index is 12.4. The summed E-state index contributed by atoms with van der Waals surface area (Å²) in [4.78, 5) is 20.6. The summed E-state index contributed by atoms with van der Waals surface area (Å²) in [6.45, 7) is 0. The summed E-state index contributed by atoms with van der Waals surface area (Å²) >= 11 is 4.99.